The van der Waals surface area contributed by atoms with Crippen molar-refractivity contribution in [2.24, 2.45) is 10.2 Å². The fraction of sp³-hybridized carbons (Fsp3) is 0. The minimum absolute atomic E-state index is 0.250. The monoisotopic (exact) mass is 336 g/mol. The molecule has 5 nitrogen and oxygen atoms in total. The van der Waals surface area contributed by atoms with Crippen LogP contribution in [0.25, 0.3) is 11.1 Å². The Bertz CT molecular complexity index is 956. The van der Waals surface area contributed by atoms with Gasteiger partial charge in [-0.2, -0.15) is 0 Å². The number of hydrogen-bond acceptors (Lipinski definition) is 4. The lowest BCUT2D eigenvalue weighted by Crippen LogP contribution is -1.97. The highest BCUT2D eigenvalue weighted by Gasteiger charge is 2.16. The molecule has 2 N–H and O–H groups in total. The van der Waals surface area contributed by atoms with Crippen molar-refractivity contribution in [2.45, 2.75) is 0 Å². The second-order valence-corrected chi connectivity index (χ2v) is 5.21. The van der Waals surface area contributed by atoms with Crippen molar-refractivity contribution >= 4 is 17.3 Å². The number of aromatic carboxylic acids is 1. The molecule has 0 spiro atoms. The summed E-state index contributed by atoms with van der Waals surface area (Å²) in [5.74, 6) is -2.89. The van der Waals surface area contributed by atoms with Crippen LogP contribution in [-0.2, 0) is 0 Å². The molecular weight excluding hydrogens is 323 g/mol. The smallest absolute Gasteiger partial charge is 0.339 e. The van der Waals surface area contributed by atoms with Crippen molar-refractivity contribution in [1.82, 2.24) is 0 Å². The van der Waals surface area contributed by atoms with Gasteiger partial charge in [0.1, 0.15) is 17.1 Å². The molecule has 0 atom stereocenters. The van der Waals surface area contributed by atoms with Crippen LogP contribution in [0, 0.1) is 5.82 Å². The van der Waals surface area contributed by atoms with Crippen LogP contribution in [0.15, 0.2) is 77.0 Å². The molecule has 0 saturated carbocycles. The minimum atomic E-state index is -1.45. The van der Waals surface area contributed by atoms with Gasteiger partial charge < -0.3 is 10.2 Å². The van der Waals surface area contributed by atoms with Gasteiger partial charge in [-0.25, -0.2) is 9.18 Å². The summed E-state index contributed by atoms with van der Waals surface area (Å²) in [6.45, 7) is 0. The van der Waals surface area contributed by atoms with Crippen LogP contribution in [0.4, 0.5) is 15.8 Å². The molecule has 124 valence electrons. The number of rotatable bonds is 4. The first-order valence-electron chi connectivity index (χ1n) is 7.38. The largest absolute Gasteiger partial charge is 0.505 e. The Hall–Kier alpha value is -3.54. The van der Waals surface area contributed by atoms with E-state index >= 15 is 0 Å². The highest BCUT2D eigenvalue weighted by atomic mass is 19.1. The third kappa shape index (κ3) is 3.53. The van der Waals surface area contributed by atoms with Crippen molar-refractivity contribution in [3.05, 3.63) is 78.1 Å². The summed E-state index contributed by atoms with van der Waals surface area (Å²) >= 11 is 0. The van der Waals surface area contributed by atoms with Gasteiger partial charge in [0.2, 0.25) is 0 Å². The SMILES string of the molecule is O=C(O)c1cc(F)cc(N=Nc2ccccc2-c2ccccc2)c1O. The molecule has 0 saturated heterocycles. The van der Waals surface area contributed by atoms with Gasteiger partial charge >= 0.3 is 5.97 Å². The van der Waals surface area contributed by atoms with E-state index in [-0.39, 0.29) is 5.69 Å². The second kappa shape index (κ2) is 6.92. The van der Waals surface area contributed by atoms with E-state index in [4.69, 9.17) is 5.11 Å². The van der Waals surface area contributed by atoms with Crippen LogP contribution in [0.1, 0.15) is 10.4 Å². The highest BCUT2D eigenvalue weighted by Crippen LogP contribution is 2.35. The molecule has 0 aliphatic heterocycles. The fourth-order valence-electron chi connectivity index (χ4n) is 2.35. The van der Waals surface area contributed by atoms with Gasteiger partial charge in [0, 0.05) is 11.6 Å². The van der Waals surface area contributed by atoms with Crippen molar-refractivity contribution in [3.63, 3.8) is 0 Å². The molecule has 0 bridgehead atoms. The fourth-order valence-corrected chi connectivity index (χ4v) is 2.35. The van der Waals surface area contributed by atoms with Crippen LogP contribution >= 0.6 is 0 Å². The van der Waals surface area contributed by atoms with Gasteiger partial charge in [0.25, 0.3) is 0 Å². The third-order valence-electron chi connectivity index (χ3n) is 3.54. The van der Waals surface area contributed by atoms with Crippen molar-refractivity contribution in [1.29, 1.82) is 0 Å². The van der Waals surface area contributed by atoms with Crippen molar-refractivity contribution in [2.75, 3.05) is 0 Å². The Balaban J connectivity index is 2.03. The maximum absolute atomic E-state index is 13.6. The minimum Gasteiger partial charge on any atom is -0.505 e. The van der Waals surface area contributed by atoms with Crippen molar-refractivity contribution < 1.29 is 19.4 Å². The van der Waals surface area contributed by atoms with Crippen LogP contribution < -0.4 is 0 Å². The summed E-state index contributed by atoms with van der Waals surface area (Å²) in [7, 11) is 0. The molecule has 0 fully saturated rings. The zero-order chi connectivity index (χ0) is 17.8. The van der Waals surface area contributed by atoms with Crippen LogP contribution in [0.2, 0.25) is 0 Å². The third-order valence-corrected chi connectivity index (χ3v) is 3.54. The van der Waals surface area contributed by atoms with Crippen LogP contribution in [-0.4, -0.2) is 16.2 Å². The number of phenols is 1. The number of azo groups is 1. The number of nitrogens with zero attached hydrogens (tertiary/aromatic N) is 2. The zero-order valence-corrected chi connectivity index (χ0v) is 12.9. The summed E-state index contributed by atoms with van der Waals surface area (Å²) < 4.78 is 13.6. The Kier molecular flexibility index (Phi) is 4.52. The van der Waals surface area contributed by atoms with Gasteiger partial charge in [-0.3, -0.25) is 0 Å². The highest BCUT2D eigenvalue weighted by molar-refractivity contribution is 5.92. The summed E-state index contributed by atoms with van der Waals surface area (Å²) in [4.78, 5) is 11.0. The topological polar surface area (TPSA) is 82.2 Å². The Morgan fingerprint density at radius 3 is 2.24 bits per heavy atom. The van der Waals surface area contributed by atoms with Gasteiger partial charge in [0.05, 0.1) is 5.69 Å². The van der Waals surface area contributed by atoms with E-state index in [2.05, 4.69) is 10.2 Å². The first-order valence-corrected chi connectivity index (χ1v) is 7.38. The molecule has 0 radical (unpaired) electrons. The van der Waals surface area contributed by atoms with Gasteiger partial charge in [-0.15, -0.1) is 10.2 Å². The maximum atomic E-state index is 13.6. The summed E-state index contributed by atoms with van der Waals surface area (Å²) in [6, 6.07) is 18.4. The Morgan fingerprint density at radius 2 is 1.52 bits per heavy atom. The van der Waals surface area contributed by atoms with Gasteiger partial charge in [-0.1, -0.05) is 48.5 Å². The number of benzene rings is 3. The lowest BCUT2D eigenvalue weighted by molar-refractivity contribution is 0.0693. The molecule has 3 rings (SSSR count). The van der Waals surface area contributed by atoms with E-state index in [1.165, 1.54) is 0 Å². The molecule has 3 aromatic rings. The summed E-state index contributed by atoms with van der Waals surface area (Å²) in [5, 5.41) is 26.8. The molecular formula is C19H13FN2O3. The quantitative estimate of drug-likeness (QED) is 0.633. The summed E-state index contributed by atoms with van der Waals surface area (Å²) in [5.41, 5.74) is 1.42. The van der Waals surface area contributed by atoms with Gasteiger partial charge in [-0.05, 0) is 17.7 Å². The molecule has 25 heavy (non-hydrogen) atoms. The Labute approximate surface area is 142 Å². The standard InChI is InChI=1S/C19H13FN2O3/c20-13-10-15(19(24)25)18(23)17(11-13)22-21-16-9-5-4-8-14(16)12-6-2-1-3-7-12/h1-11,23H,(H,24,25). The number of hydrogen-bond donors (Lipinski definition) is 2. The lowest BCUT2D eigenvalue weighted by Gasteiger charge is -2.06. The number of halogens is 1. The van der Waals surface area contributed by atoms with Gasteiger partial charge in [0.15, 0.2) is 5.75 Å². The van der Waals surface area contributed by atoms with E-state index in [1.807, 2.05) is 42.5 Å². The lowest BCUT2D eigenvalue weighted by atomic mass is 10.0. The van der Waals surface area contributed by atoms with Crippen molar-refractivity contribution in [3.8, 4) is 16.9 Å². The molecule has 0 aromatic heterocycles. The average Bonchev–Trinajstić information content (AvgIpc) is 2.63. The molecule has 0 aliphatic rings. The molecule has 0 heterocycles. The van der Waals surface area contributed by atoms with Crippen LogP contribution in [0.5, 0.6) is 5.75 Å². The number of carbonyl (C=O) groups is 1. The van der Waals surface area contributed by atoms with E-state index < -0.39 is 23.1 Å². The normalized spacial score (nSPS) is 10.9. The molecule has 0 unspecified atom stereocenters. The first kappa shape index (κ1) is 16.3. The summed E-state index contributed by atoms with van der Waals surface area (Å²) in [6.07, 6.45) is 0. The Morgan fingerprint density at radius 1 is 0.880 bits per heavy atom. The number of carboxylic acid groups (broad SMARTS) is 1. The molecule has 3 aromatic carbocycles. The zero-order valence-electron chi connectivity index (χ0n) is 12.9. The average molecular weight is 336 g/mol. The molecule has 0 aliphatic carbocycles. The van der Waals surface area contributed by atoms with E-state index in [1.54, 1.807) is 12.1 Å². The van der Waals surface area contributed by atoms with E-state index in [0.29, 0.717) is 5.69 Å². The number of carboxylic acids is 1. The van der Waals surface area contributed by atoms with E-state index in [0.717, 1.165) is 23.3 Å². The van der Waals surface area contributed by atoms with E-state index in [9.17, 15) is 14.3 Å². The van der Waals surface area contributed by atoms with Crippen LogP contribution in [0.3, 0.4) is 0 Å². The maximum Gasteiger partial charge on any atom is 0.339 e. The number of aromatic hydroxyl groups is 1. The second-order valence-electron chi connectivity index (χ2n) is 5.21. The predicted molar refractivity (Wildman–Crippen MR) is 91.1 cm³/mol. The predicted octanol–water partition coefficient (Wildman–Crippen LogP) is 5.31. The first-order chi connectivity index (χ1) is 12.1. The molecule has 0 amide bonds. The molecule has 6 heteroatoms.